The minimum Gasteiger partial charge on any atom is -0.383 e. The Morgan fingerprint density at radius 1 is 1.35 bits per heavy atom. The van der Waals surface area contributed by atoms with Crippen molar-refractivity contribution in [1.29, 1.82) is 0 Å². The molecule has 2 fully saturated rings. The highest BCUT2D eigenvalue weighted by molar-refractivity contribution is 5.85. The Hall–Kier alpha value is -0.710. The van der Waals surface area contributed by atoms with Crippen LogP contribution in [0.1, 0.15) is 31.4 Å². The molecule has 1 aromatic rings. The lowest BCUT2D eigenvalue weighted by Crippen LogP contribution is -2.47. The van der Waals surface area contributed by atoms with Crippen molar-refractivity contribution in [3.05, 3.63) is 29.8 Å². The van der Waals surface area contributed by atoms with Crippen LogP contribution in [0.25, 0.3) is 0 Å². The van der Waals surface area contributed by atoms with E-state index in [1.54, 1.807) is 12.3 Å². The number of fused-ring (bicyclic) bond motifs is 2. The van der Waals surface area contributed by atoms with Crippen molar-refractivity contribution in [3.8, 4) is 0 Å². The van der Waals surface area contributed by atoms with E-state index in [2.05, 4.69) is 10.3 Å². The summed E-state index contributed by atoms with van der Waals surface area (Å²) in [6.07, 6.45) is 4.82. The molecule has 94 valence electrons. The molecule has 3 rings (SSSR count). The number of hydrogen-bond acceptors (Lipinski definition) is 3. The van der Waals surface area contributed by atoms with Gasteiger partial charge in [-0.05, 0) is 37.8 Å². The van der Waals surface area contributed by atoms with Crippen molar-refractivity contribution in [1.82, 2.24) is 10.3 Å². The Kier molecular flexibility index (Phi) is 3.39. The summed E-state index contributed by atoms with van der Waals surface area (Å²) < 4.78 is 13.7. The van der Waals surface area contributed by atoms with Gasteiger partial charge in [-0.1, -0.05) is 0 Å². The second kappa shape index (κ2) is 4.52. The van der Waals surface area contributed by atoms with Crippen LogP contribution in [0.3, 0.4) is 0 Å². The maximum absolute atomic E-state index is 13.7. The number of rotatable bonds is 1. The van der Waals surface area contributed by atoms with Crippen LogP contribution in [-0.2, 0) is 5.60 Å². The van der Waals surface area contributed by atoms with E-state index < -0.39 is 11.4 Å². The first kappa shape index (κ1) is 12.7. The van der Waals surface area contributed by atoms with Crippen LogP contribution in [0.4, 0.5) is 4.39 Å². The zero-order chi connectivity index (χ0) is 11.2. The van der Waals surface area contributed by atoms with Crippen molar-refractivity contribution in [2.45, 2.75) is 43.4 Å². The van der Waals surface area contributed by atoms with E-state index in [-0.39, 0.29) is 18.1 Å². The smallest absolute Gasteiger partial charge is 0.147 e. The molecule has 3 heterocycles. The molecular weight excluding hydrogens is 243 g/mol. The summed E-state index contributed by atoms with van der Waals surface area (Å²) in [5.41, 5.74) is -0.865. The average molecular weight is 259 g/mol. The molecule has 5 heteroatoms. The van der Waals surface area contributed by atoms with Gasteiger partial charge < -0.3 is 10.4 Å². The Balaban J connectivity index is 0.00000108. The number of hydrogen-bond donors (Lipinski definition) is 2. The minimum atomic E-state index is -1.08. The Morgan fingerprint density at radius 2 is 2.00 bits per heavy atom. The largest absolute Gasteiger partial charge is 0.383 e. The normalized spacial score (nSPS) is 35.4. The van der Waals surface area contributed by atoms with E-state index in [4.69, 9.17) is 0 Å². The minimum absolute atomic E-state index is 0. The lowest BCUT2D eigenvalue weighted by atomic mass is 9.84. The summed E-state index contributed by atoms with van der Waals surface area (Å²) in [6, 6.07) is 3.54. The number of aromatic nitrogens is 1. The molecule has 2 atom stereocenters. The lowest BCUT2D eigenvalue weighted by Gasteiger charge is -2.36. The highest BCUT2D eigenvalue weighted by atomic mass is 35.5. The van der Waals surface area contributed by atoms with Gasteiger partial charge in [0.1, 0.15) is 17.1 Å². The van der Waals surface area contributed by atoms with E-state index in [0.29, 0.717) is 24.9 Å². The van der Waals surface area contributed by atoms with Gasteiger partial charge in [0.05, 0.1) is 0 Å². The molecule has 3 nitrogen and oxygen atoms in total. The topological polar surface area (TPSA) is 45.2 Å². The van der Waals surface area contributed by atoms with Crippen LogP contribution >= 0.6 is 12.4 Å². The number of aliphatic hydroxyl groups is 1. The van der Waals surface area contributed by atoms with E-state index >= 15 is 0 Å². The third kappa shape index (κ3) is 2.17. The quantitative estimate of drug-likeness (QED) is 0.807. The Morgan fingerprint density at radius 3 is 2.59 bits per heavy atom. The van der Waals surface area contributed by atoms with Gasteiger partial charge in [-0.2, -0.15) is 0 Å². The Labute approximate surface area is 106 Å². The van der Waals surface area contributed by atoms with E-state index in [1.165, 1.54) is 6.07 Å². The van der Waals surface area contributed by atoms with E-state index in [1.807, 2.05) is 0 Å². The maximum Gasteiger partial charge on any atom is 0.147 e. The van der Waals surface area contributed by atoms with Gasteiger partial charge in [0.25, 0.3) is 0 Å². The number of piperidine rings is 1. The molecule has 0 aliphatic carbocycles. The fraction of sp³-hybridized carbons (Fsp3) is 0.583. The van der Waals surface area contributed by atoms with Gasteiger partial charge in [0.2, 0.25) is 0 Å². The van der Waals surface area contributed by atoms with Gasteiger partial charge in [-0.15, -0.1) is 12.4 Å². The van der Waals surface area contributed by atoms with Gasteiger partial charge in [0, 0.05) is 18.3 Å². The number of pyridine rings is 1. The van der Waals surface area contributed by atoms with E-state index in [0.717, 1.165) is 12.8 Å². The summed E-state index contributed by atoms with van der Waals surface area (Å²) in [4.78, 5) is 4.02. The first-order valence-electron chi connectivity index (χ1n) is 5.77. The molecule has 17 heavy (non-hydrogen) atoms. The summed E-state index contributed by atoms with van der Waals surface area (Å²) in [5, 5.41) is 14.0. The molecule has 0 radical (unpaired) electrons. The van der Waals surface area contributed by atoms with Crippen molar-refractivity contribution in [3.63, 3.8) is 0 Å². The zero-order valence-electron chi connectivity index (χ0n) is 9.40. The first-order chi connectivity index (χ1) is 7.67. The molecule has 0 amide bonds. The highest BCUT2D eigenvalue weighted by Gasteiger charge is 2.45. The van der Waals surface area contributed by atoms with Crippen LogP contribution in [0.15, 0.2) is 18.3 Å². The molecule has 2 bridgehead atoms. The third-order valence-corrected chi connectivity index (χ3v) is 3.70. The molecule has 2 saturated heterocycles. The van der Waals surface area contributed by atoms with Crippen molar-refractivity contribution in [2.75, 3.05) is 0 Å². The van der Waals surface area contributed by atoms with Crippen LogP contribution in [0.5, 0.6) is 0 Å². The highest BCUT2D eigenvalue weighted by Crippen LogP contribution is 2.40. The summed E-state index contributed by atoms with van der Waals surface area (Å²) >= 11 is 0. The van der Waals surface area contributed by atoms with Crippen LogP contribution in [0.2, 0.25) is 0 Å². The number of halogens is 2. The maximum atomic E-state index is 13.7. The fourth-order valence-electron chi connectivity index (χ4n) is 3.04. The second-order valence-corrected chi connectivity index (χ2v) is 4.91. The van der Waals surface area contributed by atoms with Crippen molar-refractivity contribution < 1.29 is 9.50 Å². The predicted molar refractivity (Wildman–Crippen MR) is 64.5 cm³/mol. The second-order valence-electron chi connectivity index (χ2n) is 4.91. The van der Waals surface area contributed by atoms with E-state index in [9.17, 15) is 9.50 Å². The van der Waals surface area contributed by atoms with Crippen LogP contribution < -0.4 is 5.32 Å². The average Bonchev–Trinajstić information content (AvgIpc) is 2.59. The zero-order valence-corrected chi connectivity index (χ0v) is 10.2. The summed E-state index contributed by atoms with van der Waals surface area (Å²) in [5.74, 6) is -0.397. The lowest BCUT2D eigenvalue weighted by molar-refractivity contribution is -0.0184. The standard InChI is InChI=1S/C12H15FN2O.ClH/c13-10-2-1-5-14-11(10)12(16)6-8-3-4-9(7-12)15-8;/h1-2,5,8-9,15-16H,3-4,6-7H2;1H. The molecule has 2 unspecified atom stereocenters. The SMILES string of the molecule is Cl.OC1(c2ncccc2F)CC2CCC(C1)N2. The third-order valence-electron chi connectivity index (χ3n) is 3.70. The molecule has 2 aliphatic rings. The van der Waals surface area contributed by atoms with Gasteiger partial charge in [-0.25, -0.2) is 4.39 Å². The van der Waals surface area contributed by atoms with Crippen LogP contribution in [0, 0.1) is 5.82 Å². The van der Waals surface area contributed by atoms with Gasteiger partial charge >= 0.3 is 0 Å². The summed E-state index contributed by atoms with van der Waals surface area (Å²) in [6.45, 7) is 0. The fourth-order valence-corrected chi connectivity index (χ4v) is 3.04. The molecular formula is C12H16ClFN2O. The summed E-state index contributed by atoms with van der Waals surface area (Å²) in [7, 11) is 0. The van der Waals surface area contributed by atoms with Crippen LogP contribution in [-0.4, -0.2) is 22.2 Å². The predicted octanol–water partition coefficient (Wildman–Crippen LogP) is 1.74. The molecule has 0 aromatic carbocycles. The van der Waals surface area contributed by atoms with Crippen molar-refractivity contribution >= 4 is 12.4 Å². The number of nitrogens with one attached hydrogen (secondary N) is 1. The Bertz CT molecular complexity index is 403. The van der Waals surface area contributed by atoms with Gasteiger partial charge in [0.15, 0.2) is 0 Å². The van der Waals surface area contributed by atoms with Crippen molar-refractivity contribution in [2.24, 2.45) is 0 Å². The van der Waals surface area contributed by atoms with Gasteiger partial charge in [-0.3, -0.25) is 4.98 Å². The molecule has 2 aliphatic heterocycles. The molecule has 2 N–H and O–H groups in total. The molecule has 0 spiro atoms. The monoisotopic (exact) mass is 258 g/mol. The first-order valence-corrected chi connectivity index (χ1v) is 5.77. The number of nitrogens with zero attached hydrogens (tertiary/aromatic N) is 1. The molecule has 1 aromatic heterocycles. The molecule has 0 saturated carbocycles.